The van der Waals surface area contributed by atoms with E-state index in [9.17, 15) is 4.39 Å². The molecule has 0 radical (unpaired) electrons. The van der Waals surface area contributed by atoms with Crippen molar-refractivity contribution in [3.05, 3.63) is 53.5 Å². The van der Waals surface area contributed by atoms with Gasteiger partial charge in [-0.05, 0) is 36.8 Å². The van der Waals surface area contributed by atoms with Crippen molar-refractivity contribution in [2.45, 2.75) is 19.6 Å². The van der Waals surface area contributed by atoms with Crippen molar-refractivity contribution in [3.8, 4) is 11.6 Å². The molecule has 1 aromatic carbocycles. The smallest absolute Gasteiger partial charge is 0.219 e. The van der Waals surface area contributed by atoms with Crippen molar-refractivity contribution < 1.29 is 13.9 Å². The lowest BCUT2D eigenvalue weighted by Gasteiger charge is -2.11. The number of methoxy groups -OCH3 is 1. The standard InChI is InChI=1S/C15H17FN2O2/c1-10(17)11-5-6-14(13(16)8-11)20-9-12-4-3-7-18-15(12)19-2/h3-8,10H,9,17H2,1-2H3/t10-/m0/s1. The van der Waals surface area contributed by atoms with E-state index in [-0.39, 0.29) is 18.4 Å². The first-order chi connectivity index (χ1) is 9.61. The van der Waals surface area contributed by atoms with Crippen LogP contribution in [0.3, 0.4) is 0 Å². The van der Waals surface area contributed by atoms with E-state index in [1.807, 2.05) is 6.07 Å². The number of pyridine rings is 1. The molecule has 1 atom stereocenters. The van der Waals surface area contributed by atoms with Crippen molar-refractivity contribution >= 4 is 0 Å². The van der Waals surface area contributed by atoms with Gasteiger partial charge in [0.15, 0.2) is 11.6 Å². The molecule has 1 aromatic heterocycles. The second-order valence-electron chi connectivity index (χ2n) is 4.44. The largest absolute Gasteiger partial charge is 0.486 e. The Kier molecular flexibility index (Phi) is 4.53. The molecule has 106 valence electrons. The molecule has 0 bridgehead atoms. The van der Waals surface area contributed by atoms with E-state index in [1.54, 1.807) is 31.3 Å². The highest BCUT2D eigenvalue weighted by Crippen LogP contribution is 2.23. The number of benzene rings is 1. The van der Waals surface area contributed by atoms with Gasteiger partial charge < -0.3 is 15.2 Å². The number of ether oxygens (including phenoxy) is 2. The van der Waals surface area contributed by atoms with Crippen LogP contribution in [0.5, 0.6) is 11.6 Å². The highest BCUT2D eigenvalue weighted by Gasteiger charge is 2.09. The number of halogens is 1. The molecule has 0 saturated heterocycles. The minimum atomic E-state index is -0.428. The first-order valence-corrected chi connectivity index (χ1v) is 6.27. The Hall–Kier alpha value is -2.14. The molecule has 0 amide bonds. The minimum Gasteiger partial charge on any atom is -0.486 e. The number of aromatic nitrogens is 1. The Morgan fingerprint density at radius 1 is 1.35 bits per heavy atom. The number of hydrogen-bond donors (Lipinski definition) is 1. The summed E-state index contributed by atoms with van der Waals surface area (Å²) in [6.45, 7) is 1.99. The fourth-order valence-corrected chi connectivity index (χ4v) is 1.79. The van der Waals surface area contributed by atoms with Gasteiger partial charge in [-0.25, -0.2) is 9.37 Å². The molecule has 20 heavy (non-hydrogen) atoms. The SMILES string of the molecule is COc1ncccc1COc1ccc([C@H](C)N)cc1F. The third-order valence-electron chi connectivity index (χ3n) is 2.91. The fourth-order valence-electron chi connectivity index (χ4n) is 1.79. The molecule has 0 unspecified atom stereocenters. The second-order valence-corrected chi connectivity index (χ2v) is 4.44. The molecule has 2 aromatic rings. The molecule has 0 aliphatic rings. The summed E-state index contributed by atoms with van der Waals surface area (Å²) in [5.74, 6) is 0.225. The van der Waals surface area contributed by atoms with Gasteiger partial charge in [-0.2, -0.15) is 0 Å². The highest BCUT2D eigenvalue weighted by molar-refractivity contribution is 5.32. The summed E-state index contributed by atoms with van der Waals surface area (Å²) in [7, 11) is 1.53. The summed E-state index contributed by atoms with van der Waals surface area (Å²) in [5.41, 5.74) is 7.19. The predicted molar refractivity (Wildman–Crippen MR) is 74.1 cm³/mol. The third kappa shape index (κ3) is 3.24. The van der Waals surface area contributed by atoms with E-state index in [0.29, 0.717) is 5.88 Å². The lowest BCUT2D eigenvalue weighted by molar-refractivity contribution is 0.280. The van der Waals surface area contributed by atoms with Gasteiger partial charge in [0.05, 0.1) is 12.7 Å². The van der Waals surface area contributed by atoms with Crippen LogP contribution in [0.1, 0.15) is 24.1 Å². The first kappa shape index (κ1) is 14.3. The molecule has 0 fully saturated rings. The van der Waals surface area contributed by atoms with E-state index in [2.05, 4.69) is 4.98 Å². The summed E-state index contributed by atoms with van der Waals surface area (Å²) in [5, 5.41) is 0. The Morgan fingerprint density at radius 2 is 2.15 bits per heavy atom. The minimum absolute atomic E-state index is 0.181. The van der Waals surface area contributed by atoms with Crippen LogP contribution in [0.4, 0.5) is 4.39 Å². The highest BCUT2D eigenvalue weighted by atomic mass is 19.1. The van der Waals surface area contributed by atoms with Crippen LogP contribution in [0.25, 0.3) is 0 Å². The van der Waals surface area contributed by atoms with Crippen molar-refractivity contribution in [2.24, 2.45) is 5.73 Å². The van der Waals surface area contributed by atoms with Crippen molar-refractivity contribution in [1.29, 1.82) is 0 Å². The van der Waals surface area contributed by atoms with Gasteiger partial charge in [0.1, 0.15) is 6.61 Å². The van der Waals surface area contributed by atoms with Gasteiger partial charge in [0, 0.05) is 12.2 Å². The van der Waals surface area contributed by atoms with Gasteiger partial charge in [-0.3, -0.25) is 0 Å². The maximum atomic E-state index is 13.9. The molecule has 2 rings (SSSR count). The van der Waals surface area contributed by atoms with Gasteiger partial charge in [-0.15, -0.1) is 0 Å². The molecular weight excluding hydrogens is 259 g/mol. The maximum Gasteiger partial charge on any atom is 0.219 e. The number of nitrogens with two attached hydrogens (primary N) is 1. The zero-order chi connectivity index (χ0) is 14.5. The van der Waals surface area contributed by atoms with E-state index in [0.717, 1.165) is 11.1 Å². The second kappa shape index (κ2) is 6.34. The normalized spacial score (nSPS) is 12.0. The molecule has 2 N–H and O–H groups in total. The topological polar surface area (TPSA) is 57.4 Å². The molecule has 0 aliphatic carbocycles. The molecule has 4 nitrogen and oxygen atoms in total. The average Bonchev–Trinajstić information content (AvgIpc) is 2.46. The van der Waals surface area contributed by atoms with Crippen molar-refractivity contribution in [2.75, 3.05) is 7.11 Å². The van der Waals surface area contributed by atoms with Crippen molar-refractivity contribution in [1.82, 2.24) is 4.98 Å². The van der Waals surface area contributed by atoms with Crippen LogP contribution >= 0.6 is 0 Å². The Bertz CT molecular complexity index is 588. The quantitative estimate of drug-likeness (QED) is 0.912. The fraction of sp³-hybridized carbons (Fsp3) is 0.267. The molecule has 0 spiro atoms. The Balaban J connectivity index is 2.11. The van der Waals surface area contributed by atoms with Crippen LogP contribution < -0.4 is 15.2 Å². The number of nitrogens with zero attached hydrogens (tertiary/aromatic N) is 1. The van der Waals surface area contributed by atoms with Crippen LogP contribution in [0.15, 0.2) is 36.5 Å². The Morgan fingerprint density at radius 3 is 2.80 bits per heavy atom. The van der Waals surface area contributed by atoms with Gasteiger partial charge in [0.2, 0.25) is 5.88 Å². The van der Waals surface area contributed by atoms with Gasteiger partial charge in [-0.1, -0.05) is 6.07 Å². The van der Waals surface area contributed by atoms with Gasteiger partial charge >= 0.3 is 0 Å². The molecular formula is C15H17FN2O2. The van der Waals surface area contributed by atoms with Crippen LogP contribution in [-0.4, -0.2) is 12.1 Å². The average molecular weight is 276 g/mol. The predicted octanol–water partition coefficient (Wildman–Crippen LogP) is 2.83. The zero-order valence-electron chi connectivity index (χ0n) is 11.5. The van der Waals surface area contributed by atoms with Crippen LogP contribution in [0, 0.1) is 5.82 Å². The van der Waals surface area contributed by atoms with E-state index in [4.69, 9.17) is 15.2 Å². The lowest BCUT2D eigenvalue weighted by atomic mass is 10.1. The van der Waals surface area contributed by atoms with Crippen LogP contribution in [-0.2, 0) is 6.61 Å². The summed E-state index contributed by atoms with van der Waals surface area (Å²) in [4.78, 5) is 4.06. The maximum absolute atomic E-state index is 13.9. The number of rotatable bonds is 5. The monoisotopic (exact) mass is 276 g/mol. The number of hydrogen-bond acceptors (Lipinski definition) is 4. The van der Waals surface area contributed by atoms with E-state index in [1.165, 1.54) is 13.2 Å². The van der Waals surface area contributed by atoms with Crippen molar-refractivity contribution in [3.63, 3.8) is 0 Å². The van der Waals surface area contributed by atoms with E-state index < -0.39 is 5.82 Å². The Labute approximate surface area is 117 Å². The van der Waals surface area contributed by atoms with Gasteiger partial charge in [0.25, 0.3) is 0 Å². The zero-order valence-corrected chi connectivity index (χ0v) is 11.5. The molecule has 0 aliphatic heterocycles. The lowest BCUT2D eigenvalue weighted by Crippen LogP contribution is -2.06. The molecule has 5 heteroatoms. The summed E-state index contributed by atoms with van der Waals surface area (Å²) in [6, 6.07) is 8.11. The molecule has 0 saturated carbocycles. The summed E-state index contributed by atoms with van der Waals surface area (Å²) in [6.07, 6.45) is 1.63. The third-order valence-corrected chi connectivity index (χ3v) is 2.91. The first-order valence-electron chi connectivity index (χ1n) is 6.27. The van der Waals surface area contributed by atoms with E-state index >= 15 is 0 Å². The summed E-state index contributed by atoms with van der Waals surface area (Å²) < 4.78 is 24.4. The summed E-state index contributed by atoms with van der Waals surface area (Å²) >= 11 is 0. The molecule has 1 heterocycles. The van der Waals surface area contributed by atoms with Crippen LogP contribution in [0.2, 0.25) is 0 Å².